The van der Waals surface area contributed by atoms with E-state index < -0.39 is 0 Å². The lowest BCUT2D eigenvalue weighted by molar-refractivity contribution is 0.0710. The summed E-state index contributed by atoms with van der Waals surface area (Å²) in [7, 11) is 0. The Morgan fingerprint density at radius 1 is 0.914 bits per heavy atom. The molecule has 0 radical (unpaired) electrons. The third-order valence-electron chi connectivity index (χ3n) is 6.18. The number of likely N-dealkylation sites (tertiary alicyclic amines) is 1. The minimum Gasteiger partial charge on any atom is -0.439 e. The predicted octanol–water partition coefficient (Wildman–Crippen LogP) is 4.76. The number of ether oxygens (including phenoxy) is 1. The number of piperidine rings is 1. The summed E-state index contributed by atoms with van der Waals surface area (Å²) in [5, 5.41) is 0. The number of nitrogens with zero attached hydrogens (tertiary/aromatic N) is 6. The number of para-hydroxylation sites is 1. The van der Waals surface area contributed by atoms with Gasteiger partial charge in [-0.15, -0.1) is 0 Å². The van der Waals surface area contributed by atoms with Crippen LogP contribution in [0.25, 0.3) is 11.1 Å². The Hall–Kier alpha value is -4.20. The summed E-state index contributed by atoms with van der Waals surface area (Å²) in [5.74, 6) is 2.25. The summed E-state index contributed by atoms with van der Waals surface area (Å²) in [5.41, 5.74) is 4.13. The van der Waals surface area contributed by atoms with Gasteiger partial charge in [0, 0.05) is 66.7 Å². The lowest BCUT2D eigenvalue weighted by Gasteiger charge is -2.31. The maximum absolute atomic E-state index is 13.2. The van der Waals surface area contributed by atoms with Crippen LogP contribution in [0.15, 0.2) is 67.5 Å². The Morgan fingerprint density at radius 2 is 1.66 bits per heavy atom. The Labute approximate surface area is 204 Å². The van der Waals surface area contributed by atoms with Crippen LogP contribution in [0.4, 0.5) is 0 Å². The van der Waals surface area contributed by atoms with Crippen LogP contribution in [-0.2, 0) is 0 Å². The van der Waals surface area contributed by atoms with Crippen molar-refractivity contribution in [3.63, 3.8) is 0 Å². The monoisotopic (exact) mass is 466 g/mol. The van der Waals surface area contributed by atoms with E-state index in [1.54, 1.807) is 24.8 Å². The maximum atomic E-state index is 13.2. The first-order valence-corrected chi connectivity index (χ1v) is 11.7. The quantitative estimate of drug-likeness (QED) is 0.419. The van der Waals surface area contributed by atoms with Gasteiger partial charge < -0.3 is 9.64 Å². The zero-order chi connectivity index (χ0) is 24.2. The molecule has 0 saturated carbocycles. The first-order chi connectivity index (χ1) is 17.1. The molecule has 35 heavy (non-hydrogen) atoms. The van der Waals surface area contributed by atoms with Crippen molar-refractivity contribution in [2.45, 2.75) is 32.6 Å². The number of carbonyl (C=O) groups is 1. The molecule has 176 valence electrons. The van der Waals surface area contributed by atoms with Crippen molar-refractivity contribution >= 4 is 5.91 Å². The number of aromatic nitrogens is 5. The normalized spacial score (nSPS) is 14.1. The van der Waals surface area contributed by atoms with Crippen molar-refractivity contribution in [3.05, 3.63) is 90.2 Å². The zero-order valence-electron chi connectivity index (χ0n) is 19.8. The lowest BCUT2D eigenvalue weighted by Crippen LogP contribution is -2.38. The molecule has 1 aliphatic rings. The van der Waals surface area contributed by atoms with Gasteiger partial charge in [0.05, 0.1) is 5.56 Å². The van der Waals surface area contributed by atoms with Gasteiger partial charge in [0.1, 0.15) is 17.9 Å². The molecule has 8 nitrogen and oxygen atoms in total. The highest BCUT2D eigenvalue weighted by Gasteiger charge is 2.27. The summed E-state index contributed by atoms with van der Waals surface area (Å²) in [6.45, 7) is 5.23. The Bertz CT molecular complexity index is 1340. The molecule has 1 amide bonds. The number of benzene rings is 1. The highest BCUT2D eigenvalue weighted by molar-refractivity contribution is 5.95. The molecule has 1 aromatic carbocycles. The fourth-order valence-corrected chi connectivity index (χ4v) is 4.27. The van der Waals surface area contributed by atoms with Crippen LogP contribution in [0, 0.1) is 13.8 Å². The SMILES string of the molecule is Cc1cc(Oc2ccccc2C)nc(C2CCN(C(=O)c3cncc(-c4cncnc4)c3)CC2)n1. The van der Waals surface area contributed by atoms with E-state index >= 15 is 0 Å². The molecule has 8 heteroatoms. The molecule has 4 heterocycles. The van der Waals surface area contributed by atoms with Crippen molar-refractivity contribution in [2.24, 2.45) is 0 Å². The Balaban J connectivity index is 1.26. The number of rotatable bonds is 5. The Morgan fingerprint density at radius 3 is 2.43 bits per heavy atom. The fraction of sp³-hybridized carbons (Fsp3) is 0.259. The minimum absolute atomic E-state index is 0.0246. The number of hydrogen-bond donors (Lipinski definition) is 0. The zero-order valence-corrected chi connectivity index (χ0v) is 19.8. The Kier molecular flexibility index (Phi) is 6.43. The first kappa shape index (κ1) is 22.6. The summed E-state index contributed by atoms with van der Waals surface area (Å²) < 4.78 is 6.05. The third-order valence-corrected chi connectivity index (χ3v) is 6.18. The topological polar surface area (TPSA) is 94.0 Å². The van der Waals surface area contributed by atoms with Gasteiger partial charge in [0.2, 0.25) is 5.88 Å². The number of hydrogen-bond acceptors (Lipinski definition) is 7. The van der Waals surface area contributed by atoms with Crippen LogP contribution in [0.5, 0.6) is 11.6 Å². The lowest BCUT2D eigenvalue weighted by atomic mass is 9.95. The number of pyridine rings is 1. The predicted molar refractivity (Wildman–Crippen MR) is 131 cm³/mol. The summed E-state index contributed by atoms with van der Waals surface area (Å²) >= 11 is 0. The van der Waals surface area contributed by atoms with Gasteiger partial charge in [0.15, 0.2) is 0 Å². The van der Waals surface area contributed by atoms with Crippen molar-refractivity contribution in [1.82, 2.24) is 29.8 Å². The van der Waals surface area contributed by atoms with Gasteiger partial charge >= 0.3 is 0 Å². The molecule has 0 unspecified atom stereocenters. The molecular weight excluding hydrogens is 440 g/mol. The molecule has 5 rings (SSSR count). The van der Waals surface area contributed by atoms with Crippen LogP contribution in [0.1, 0.15) is 46.2 Å². The number of aryl methyl sites for hydroxylation is 2. The van der Waals surface area contributed by atoms with E-state index in [9.17, 15) is 4.79 Å². The van der Waals surface area contributed by atoms with E-state index in [1.165, 1.54) is 6.33 Å². The molecule has 0 aliphatic carbocycles. The molecule has 1 saturated heterocycles. The van der Waals surface area contributed by atoms with Crippen molar-refractivity contribution < 1.29 is 9.53 Å². The van der Waals surface area contributed by atoms with E-state index in [0.29, 0.717) is 24.5 Å². The molecule has 4 aromatic rings. The van der Waals surface area contributed by atoms with Crippen molar-refractivity contribution in [2.75, 3.05) is 13.1 Å². The second kappa shape index (κ2) is 9.97. The van der Waals surface area contributed by atoms with Gasteiger partial charge in [-0.25, -0.2) is 15.0 Å². The average Bonchev–Trinajstić information content (AvgIpc) is 2.90. The largest absolute Gasteiger partial charge is 0.439 e. The maximum Gasteiger partial charge on any atom is 0.255 e. The van der Waals surface area contributed by atoms with E-state index in [2.05, 4.69) is 19.9 Å². The van der Waals surface area contributed by atoms with E-state index in [-0.39, 0.29) is 11.8 Å². The van der Waals surface area contributed by atoms with Gasteiger partial charge in [-0.05, 0) is 44.4 Å². The minimum atomic E-state index is -0.0246. The third kappa shape index (κ3) is 5.16. The number of carbonyl (C=O) groups excluding carboxylic acids is 1. The van der Waals surface area contributed by atoms with Crippen LogP contribution < -0.4 is 4.74 Å². The van der Waals surface area contributed by atoms with E-state index in [1.807, 2.05) is 55.1 Å². The molecule has 0 spiro atoms. The molecule has 0 N–H and O–H groups in total. The molecule has 3 aromatic heterocycles. The summed E-state index contributed by atoms with van der Waals surface area (Å²) in [6.07, 6.45) is 9.81. The van der Waals surface area contributed by atoms with Crippen LogP contribution >= 0.6 is 0 Å². The summed E-state index contributed by atoms with van der Waals surface area (Å²) in [4.78, 5) is 36.8. The average molecular weight is 467 g/mol. The van der Waals surface area contributed by atoms with Crippen LogP contribution in [-0.4, -0.2) is 48.8 Å². The molecule has 1 aliphatic heterocycles. The van der Waals surface area contributed by atoms with E-state index in [0.717, 1.165) is 46.8 Å². The second-order valence-corrected chi connectivity index (χ2v) is 8.73. The van der Waals surface area contributed by atoms with E-state index in [4.69, 9.17) is 9.72 Å². The second-order valence-electron chi connectivity index (χ2n) is 8.73. The molecule has 0 atom stereocenters. The standard InChI is InChI=1S/C27H26N6O2/c1-18-5-3-4-6-24(18)35-25-11-19(2)31-26(32-25)20-7-9-33(10-8-20)27(34)22-12-21(13-28-14-22)23-15-29-17-30-16-23/h3-6,11-17,20H,7-10H2,1-2H3. The fourth-order valence-electron chi connectivity index (χ4n) is 4.27. The van der Waals surface area contributed by atoms with Gasteiger partial charge in [0.25, 0.3) is 5.91 Å². The van der Waals surface area contributed by atoms with Crippen LogP contribution in [0.3, 0.4) is 0 Å². The summed E-state index contributed by atoms with van der Waals surface area (Å²) in [6, 6.07) is 11.6. The van der Waals surface area contributed by atoms with Crippen molar-refractivity contribution in [1.29, 1.82) is 0 Å². The number of amides is 1. The highest BCUT2D eigenvalue weighted by atomic mass is 16.5. The van der Waals surface area contributed by atoms with Gasteiger partial charge in [-0.3, -0.25) is 9.78 Å². The van der Waals surface area contributed by atoms with Gasteiger partial charge in [-0.2, -0.15) is 4.98 Å². The first-order valence-electron chi connectivity index (χ1n) is 11.7. The highest BCUT2D eigenvalue weighted by Crippen LogP contribution is 2.30. The van der Waals surface area contributed by atoms with Crippen molar-refractivity contribution in [3.8, 4) is 22.8 Å². The smallest absolute Gasteiger partial charge is 0.255 e. The molecule has 1 fully saturated rings. The van der Waals surface area contributed by atoms with Gasteiger partial charge in [-0.1, -0.05) is 18.2 Å². The molecule has 0 bridgehead atoms. The van der Waals surface area contributed by atoms with Crippen LogP contribution in [0.2, 0.25) is 0 Å². The molecular formula is C27H26N6O2.